The van der Waals surface area contributed by atoms with Gasteiger partial charge < -0.3 is 9.84 Å². The first-order chi connectivity index (χ1) is 10.5. The second kappa shape index (κ2) is 6.81. The third-order valence-corrected chi connectivity index (χ3v) is 6.11. The van der Waals surface area contributed by atoms with E-state index in [1.54, 1.807) is 30.3 Å². The van der Waals surface area contributed by atoms with Gasteiger partial charge in [-0.3, -0.25) is 0 Å². The Bertz CT molecular complexity index is 629. The fourth-order valence-electron chi connectivity index (χ4n) is 3.01. The highest BCUT2D eigenvalue weighted by Gasteiger charge is 2.39. The van der Waals surface area contributed by atoms with E-state index in [9.17, 15) is 13.5 Å². The van der Waals surface area contributed by atoms with E-state index in [-0.39, 0.29) is 11.5 Å². The number of nitrogens with zero attached hydrogens (tertiary/aromatic N) is 1. The Labute approximate surface area is 132 Å². The number of hydrogen-bond acceptors (Lipinski definition) is 4. The molecule has 0 amide bonds. The van der Waals surface area contributed by atoms with Crippen LogP contribution in [0.5, 0.6) is 5.75 Å². The van der Waals surface area contributed by atoms with Crippen molar-refractivity contribution in [2.45, 2.75) is 24.2 Å². The number of aliphatic hydroxyl groups is 1. The van der Waals surface area contributed by atoms with Crippen LogP contribution in [0.15, 0.2) is 41.8 Å². The van der Waals surface area contributed by atoms with Crippen molar-refractivity contribution in [1.82, 2.24) is 4.31 Å². The summed E-state index contributed by atoms with van der Waals surface area (Å²) in [5.74, 6) is 0.339. The molecule has 1 saturated heterocycles. The standard InChI is InChI=1S/C16H23NO4S/c1-3-9-16(13-18)10-6-11-17(12-16)22(19,20)15-8-5-4-7-14(15)21-2/h3-5,7-8,18H,1,6,9-13H2,2H3. The summed E-state index contributed by atoms with van der Waals surface area (Å²) in [5.41, 5.74) is -0.435. The van der Waals surface area contributed by atoms with Crippen molar-refractivity contribution in [3.8, 4) is 5.75 Å². The zero-order chi connectivity index (χ0) is 16.2. The van der Waals surface area contributed by atoms with E-state index >= 15 is 0 Å². The summed E-state index contributed by atoms with van der Waals surface area (Å²) < 4.78 is 32.5. The number of hydrogen-bond donors (Lipinski definition) is 1. The van der Waals surface area contributed by atoms with Gasteiger partial charge in [0.25, 0.3) is 0 Å². The normalized spacial score (nSPS) is 23.2. The lowest BCUT2D eigenvalue weighted by molar-refractivity contribution is 0.0669. The van der Waals surface area contributed by atoms with Crippen molar-refractivity contribution < 1.29 is 18.3 Å². The van der Waals surface area contributed by atoms with Gasteiger partial charge >= 0.3 is 0 Å². The predicted molar refractivity (Wildman–Crippen MR) is 85.3 cm³/mol. The lowest BCUT2D eigenvalue weighted by Crippen LogP contribution is -2.47. The van der Waals surface area contributed by atoms with Gasteiger partial charge in [0, 0.05) is 18.5 Å². The van der Waals surface area contributed by atoms with E-state index in [0.717, 1.165) is 12.8 Å². The minimum Gasteiger partial charge on any atom is -0.495 e. The summed E-state index contributed by atoms with van der Waals surface area (Å²) in [5, 5.41) is 9.73. The fraction of sp³-hybridized carbons (Fsp3) is 0.500. The van der Waals surface area contributed by atoms with E-state index < -0.39 is 15.4 Å². The van der Waals surface area contributed by atoms with E-state index in [4.69, 9.17) is 4.74 Å². The van der Waals surface area contributed by atoms with Gasteiger partial charge in [0.15, 0.2) is 0 Å². The van der Waals surface area contributed by atoms with E-state index in [2.05, 4.69) is 6.58 Å². The molecule has 1 unspecified atom stereocenters. The average molecular weight is 325 g/mol. The summed E-state index contributed by atoms with van der Waals surface area (Å²) in [6.07, 6.45) is 3.87. The Morgan fingerprint density at radius 3 is 2.82 bits per heavy atom. The molecule has 1 aliphatic heterocycles. The molecule has 1 fully saturated rings. The number of piperidine rings is 1. The highest BCUT2D eigenvalue weighted by molar-refractivity contribution is 7.89. The molecule has 0 aliphatic carbocycles. The molecule has 1 aromatic carbocycles. The number of ether oxygens (including phenoxy) is 1. The first kappa shape index (κ1) is 17.0. The van der Waals surface area contributed by atoms with Crippen LogP contribution in [-0.4, -0.2) is 44.6 Å². The zero-order valence-electron chi connectivity index (χ0n) is 12.9. The molecule has 0 bridgehead atoms. The second-order valence-corrected chi connectivity index (χ2v) is 7.65. The molecule has 6 heteroatoms. The Hall–Kier alpha value is -1.37. The van der Waals surface area contributed by atoms with Gasteiger partial charge in [0.1, 0.15) is 10.6 Å². The summed E-state index contributed by atoms with van der Waals surface area (Å²) in [6.45, 7) is 4.44. The van der Waals surface area contributed by atoms with Gasteiger partial charge in [-0.1, -0.05) is 18.2 Å². The molecule has 0 aromatic heterocycles. The molecule has 0 radical (unpaired) electrons. The van der Waals surface area contributed by atoms with Crippen LogP contribution in [0.4, 0.5) is 0 Å². The van der Waals surface area contributed by atoms with E-state index in [1.807, 2.05) is 0 Å². The van der Waals surface area contributed by atoms with Crippen LogP contribution in [0.1, 0.15) is 19.3 Å². The number of sulfonamides is 1. The second-order valence-electron chi connectivity index (χ2n) is 5.74. The molecule has 1 aliphatic rings. The summed E-state index contributed by atoms with van der Waals surface area (Å²) in [4.78, 5) is 0.171. The topological polar surface area (TPSA) is 66.8 Å². The van der Waals surface area contributed by atoms with Gasteiger partial charge in [-0.05, 0) is 31.4 Å². The van der Waals surface area contributed by atoms with Gasteiger partial charge in [0.2, 0.25) is 10.0 Å². The van der Waals surface area contributed by atoms with Crippen molar-refractivity contribution in [2.75, 3.05) is 26.8 Å². The Morgan fingerprint density at radius 1 is 1.45 bits per heavy atom. The molecule has 1 atom stereocenters. The van der Waals surface area contributed by atoms with Crippen molar-refractivity contribution in [2.24, 2.45) is 5.41 Å². The third-order valence-electron chi connectivity index (χ3n) is 4.23. The maximum Gasteiger partial charge on any atom is 0.246 e. The maximum atomic E-state index is 12.9. The number of para-hydroxylation sites is 1. The van der Waals surface area contributed by atoms with Crippen molar-refractivity contribution in [3.63, 3.8) is 0 Å². The van der Waals surface area contributed by atoms with Crippen LogP contribution in [-0.2, 0) is 10.0 Å². The zero-order valence-corrected chi connectivity index (χ0v) is 13.7. The monoisotopic (exact) mass is 325 g/mol. The molecular formula is C16H23NO4S. The molecular weight excluding hydrogens is 302 g/mol. The molecule has 2 rings (SSSR count). The van der Waals surface area contributed by atoms with E-state index in [1.165, 1.54) is 11.4 Å². The summed E-state index contributed by atoms with van der Waals surface area (Å²) in [7, 11) is -2.18. The maximum absolute atomic E-state index is 12.9. The van der Waals surface area contributed by atoms with Crippen molar-refractivity contribution in [3.05, 3.63) is 36.9 Å². The van der Waals surface area contributed by atoms with Crippen LogP contribution in [0.3, 0.4) is 0 Å². The SMILES string of the molecule is C=CCC1(CO)CCCN(S(=O)(=O)c2ccccc2OC)C1. The number of benzene rings is 1. The van der Waals surface area contributed by atoms with Crippen LogP contribution < -0.4 is 4.74 Å². The molecule has 0 spiro atoms. The highest BCUT2D eigenvalue weighted by Crippen LogP contribution is 2.37. The van der Waals surface area contributed by atoms with Gasteiger partial charge in [0.05, 0.1) is 13.7 Å². The van der Waals surface area contributed by atoms with Crippen molar-refractivity contribution >= 4 is 10.0 Å². The summed E-state index contributed by atoms with van der Waals surface area (Å²) >= 11 is 0. The number of methoxy groups -OCH3 is 1. The number of aliphatic hydroxyl groups excluding tert-OH is 1. The Kier molecular flexibility index (Phi) is 5.26. The van der Waals surface area contributed by atoms with Crippen LogP contribution >= 0.6 is 0 Å². The van der Waals surface area contributed by atoms with E-state index in [0.29, 0.717) is 25.3 Å². The quantitative estimate of drug-likeness (QED) is 0.813. The summed E-state index contributed by atoms with van der Waals surface area (Å²) in [6, 6.07) is 6.61. The van der Waals surface area contributed by atoms with Crippen LogP contribution in [0, 0.1) is 5.41 Å². The Morgan fingerprint density at radius 2 is 2.18 bits per heavy atom. The third kappa shape index (κ3) is 3.19. The molecule has 5 nitrogen and oxygen atoms in total. The molecule has 1 aromatic rings. The average Bonchev–Trinajstić information content (AvgIpc) is 2.55. The molecule has 22 heavy (non-hydrogen) atoms. The molecule has 122 valence electrons. The Balaban J connectivity index is 2.35. The number of allylic oxidation sites excluding steroid dienone is 1. The van der Waals surface area contributed by atoms with Crippen molar-refractivity contribution in [1.29, 1.82) is 0 Å². The lowest BCUT2D eigenvalue weighted by atomic mass is 9.79. The highest BCUT2D eigenvalue weighted by atomic mass is 32.2. The first-order valence-electron chi connectivity index (χ1n) is 7.34. The predicted octanol–water partition coefficient (Wildman–Crippen LogP) is 2.03. The van der Waals surface area contributed by atoms with Gasteiger partial charge in [-0.2, -0.15) is 4.31 Å². The van der Waals surface area contributed by atoms with Crippen LogP contribution in [0.2, 0.25) is 0 Å². The lowest BCUT2D eigenvalue weighted by Gasteiger charge is -2.40. The number of rotatable bonds is 6. The van der Waals surface area contributed by atoms with Gasteiger partial charge in [-0.25, -0.2) is 8.42 Å². The smallest absolute Gasteiger partial charge is 0.246 e. The minimum absolute atomic E-state index is 0.0447. The first-order valence-corrected chi connectivity index (χ1v) is 8.78. The molecule has 1 N–H and O–H groups in total. The van der Waals surface area contributed by atoms with Crippen LogP contribution in [0.25, 0.3) is 0 Å². The molecule has 0 saturated carbocycles. The minimum atomic E-state index is -3.64. The largest absolute Gasteiger partial charge is 0.495 e. The fourth-order valence-corrected chi connectivity index (χ4v) is 4.75. The molecule has 1 heterocycles. The van der Waals surface area contributed by atoms with Gasteiger partial charge in [-0.15, -0.1) is 6.58 Å².